The molecule has 0 aliphatic heterocycles. The van der Waals surface area contributed by atoms with Crippen LogP contribution in [0.4, 0.5) is 0 Å². The zero-order chi connectivity index (χ0) is 13.9. The lowest BCUT2D eigenvalue weighted by atomic mass is 10.2. The van der Waals surface area contributed by atoms with Crippen molar-refractivity contribution in [3.05, 3.63) is 63.4 Å². The van der Waals surface area contributed by atoms with E-state index in [0.717, 1.165) is 10.8 Å². The van der Waals surface area contributed by atoms with E-state index in [0.29, 0.717) is 17.9 Å². The molecular weight excluding hydrogens is 336 g/mol. The summed E-state index contributed by atoms with van der Waals surface area (Å²) in [6.07, 6.45) is 0.816. The van der Waals surface area contributed by atoms with Crippen LogP contribution < -0.4 is 4.74 Å². The van der Waals surface area contributed by atoms with Crippen LogP contribution in [-0.2, 0) is 6.61 Å². The van der Waals surface area contributed by atoms with E-state index in [2.05, 4.69) is 33.4 Å². The number of hydrogen-bond donors (Lipinski definition) is 0. The van der Waals surface area contributed by atoms with E-state index in [-0.39, 0.29) is 0 Å². The van der Waals surface area contributed by atoms with Crippen molar-refractivity contribution < 1.29 is 9.53 Å². The third-order valence-electron chi connectivity index (χ3n) is 3.05. The first-order valence-corrected chi connectivity index (χ1v) is 7.78. The molecule has 0 radical (unpaired) electrons. The highest BCUT2D eigenvalue weighted by molar-refractivity contribution is 9.10. The minimum atomic E-state index is 0.504. The van der Waals surface area contributed by atoms with Gasteiger partial charge in [-0.3, -0.25) is 4.79 Å². The maximum absolute atomic E-state index is 10.9. The van der Waals surface area contributed by atoms with Crippen molar-refractivity contribution >= 4 is 43.6 Å². The number of fused-ring (bicyclic) bond motifs is 1. The van der Waals surface area contributed by atoms with Gasteiger partial charge in [-0.2, -0.15) is 0 Å². The summed E-state index contributed by atoms with van der Waals surface area (Å²) in [5, 5.41) is 3.34. The molecule has 1 heterocycles. The number of carbonyl (C=O) groups is 1. The molecule has 0 aliphatic rings. The van der Waals surface area contributed by atoms with Gasteiger partial charge in [-0.25, -0.2) is 0 Å². The molecule has 0 unspecified atom stereocenters. The van der Waals surface area contributed by atoms with Crippen molar-refractivity contribution in [3.63, 3.8) is 0 Å². The molecule has 0 N–H and O–H groups in total. The molecule has 2 nitrogen and oxygen atoms in total. The molecule has 1 aromatic heterocycles. The quantitative estimate of drug-likeness (QED) is 0.617. The highest BCUT2D eigenvalue weighted by Gasteiger charge is 2.05. The van der Waals surface area contributed by atoms with Crippen LogP contribution in [0, 0.1) is 0 Å². The lowest BCUT2D eigenvalue weighted by Gasteiger charge is -2.07. The van der Waals surface area contributed by atoms with Crippen molar-refractivity contribution in [1.29, 1.82) is 0 Å². The molecule has 4 heteroatoms. The molecule has 2 aromatic carbocycles. The Labute approximate surface area is 129 Å². The lowest BCUT2D eigenvalue weighted by Crippen LogP contribution is -1.95. The number of halogens is 1. The van der Waals surface area contributed by atoms with Crippen LogP contribution in [-0.4, -0.2) is 6.29 Å². The SMILES string of the molecule is O=Cc1cc(OCc2csc3ccccc23)ccc1Br. The Morgan fingerprint density at radius 2 is 2.05 bits per heavy atom. The van der Waals surface area contributed by atoms with E-state index in [9.17, 15) is 4.79 Å². The van der Waals surface area contributed by atoms with E-state index in [1.807, 2.05) is 24.3 Å². The standard InChI is InChI=1S/C16H11BrO2S/c17-15-6-5-13(7-11(15)8-18)19-9-12-10-20-16-4-2-1-3-14(12)16/h1-8,10H,9H2. The Balaban J connectivity index is 1.81. The monoisotopic (exact) mass is 346 g/mol. The molecule has 0 aliphatic carbocycles. The normalized spacial score (nSPS) is 10.7. The van der Waals surface area contributed by atoms with Gasteiger partial charge in [0.1, 0.15) is 12.4 Å². The van der Waals surface area contributed by atoms with Crippen molar-refractivity contribution in [2.24, 2.45) is 0 Å². The fourth-order valence-corrected chi connectivity index (χ4v) is 3.30. The third-order valence-corrected chi connectivity index (χ3v) is 4.78. The van der Waals surface area contributed by atoms with Crippen LogP contribution in [0.3, 0.4) is 0 Å². The largest absolute Gasteiger partial charge is 0.489 e. The molecule has 0 bridgehead atoms. The van der Waals surface area contributed by atoms with Crippen molar-refractivity contribution in [3.8, 4) is 5.75 Å². The fraction of sp³-hybridized carbons (Fsp3) is 0.0625. The second kappa shape index (κ2) is 5.77. The molecule has 100 valence electrons. The van der Waals surface area contributed by atoms with Gasteiger partial charge in [0.05, 0.1) is 0 Å². The van der Waals surface area contributed by atoms with Crippen molar-refractivity contribution in [2.45, 2.75) is 6.61 Å². The number of hydrogen-bond acceptors (Lipinski definition) is 3. The zero-order valence-electron chi connectivity index (χ0n) is 10.5. The van der Waals surface area contributed by atoms with Crippen molar-refractivity contribution in [1.82, 2.24) is 0 Å². The Hall–Kier alpha value is -1.65. The Bertz CT molecular complexity index is 764. The second-order valence-electron chi connectivity index (χ2n) is 4.35. The first-order chi connectivity index (χ1) is 9.78. The van der Waals surface area contributed by atoms with Gasteiger partial charge in [0.25, 0.3) is 0 Å². The number of carbonyl (C=O) groups excluding carboxylic acids is 1. The van der Waals surface area contributed by atoms with Gasteiger partial charge in [0.2, 0.25) is 0 Å². The number of rotatable bonds is 4. The number of aldehydes is 1. The summed E-state index contributed by atoms with van der Waals surface area (Å²) in [4.78, 5) is 10.9. The highest BCUT2D eigenvalue weighted by Crippen LogP contribution is 2.27. The van der Waals surface area contributed by atoms with E-state index in [4.69, 9.17) is 4.74 Å². The summed E-state index contributed by atoms with van der Waals surface area (Å²) in [7, 11) is 0. The van der Waals surface area contributed by atoms with Crippen LogP contribution in [0.2, 0.25) is 0 Å². The third kappa shape index (κ3) is 2.62. The number of ether oxygens (including phenoxy) is 1. The summed E-state index contributed by atoms with van der Waals surface area (Å²) < 4.78 is 7.82. The van der Waals surface area contributed by atoms with E-state index in [1.165, 1.54) is 15.6 Å². The Kier molecular flexibility index (Phi) is 3.85. The summed E-state index contributed by atoms with van der Waals surface area (Å²) in [5.41, 5.74) is 1.76. The molecule has 3 aromatic rings. The van der Waals surface area contributed by atoms with E-state index < -0.39 is 0 Å². The van der Waals surface area contributed by atoms with Gasteiger partial charge >= 0.3 is 0 Å². The highest BCUT2D eigenvalue weighted by atomic mass is 79.9. The van der Waals surface area contributed by atoms with Crippen LogP contribution in [0.5, 0.6) is 5.75 Å². The molecule has 0 fully saturated rings. The molecule has 0 amide bonds. The van der Waals surface area contributed by atoms with Gasteiger partial charge in [-0.05, 0) is 35.0 Å². The Morgan fingerprint density at radius 1 is 1.20 bits per heavy atom. The fourth-order valence-electron chi connectivity index (χ4n) is 2.01. The van der Waals surface area contributed by atoms with Crippen LogP contribution in [0.1, 0.15) is 15.9 Å². The molecule has 0 saturated heterocycles. The predicted molar refractivity (Wildman–Crippen MR) is 85.7 cm³/mol. The number of benzene rings is 2. The second-order valence-corrected chi connectivity index (χ2v) is 6.11. The van der Waals surface area contributed by atoms with E-state index >= 15 is 0 Å². The molecule has 20 heavy (non-hydrogen) atoms. The summed E-state index contributed by atoms with van der Waals surface area (Å²) in [6, 6.07) is 13.7. The Morgan fingerprint density at radius 3 is 2.90 bits per heavy atom. The molecule has 0 atom stereocenters. The molecule has 3 rings (SSSR count). The van der Waals surface area contributed by atoms with Crippen LogP contribution >= 0.6 is 27.3 Å². The summed E-state index contributed by atoms with van der Waals surface area (Å²) in [5.74, 6) is 0.700. The van der Waals surface area contributed by atoms with Crippen LogP contribution in [0.15, 0.2) is 52.3 Å². The predicted octanol–water partition coefficient (Wildman–Crippen LogP) is 5.06. The maximum Gasteiger partial charge on any atom is 0.151 e. The van der Waals surface area contributed by atoms with Crippen LogP contribution in [0.25, 0.3) is 10.1 Å². The maximum atomic E-state index is 10.9. The lowest BCUT2D eigenvalue weighted by molar-refractivity contribution is 0.112. The first-order valence-electron chi connectivity index (χ1n) is 6.10. The molecule has 0 spiro atoms. The van der Waals surface area contributed by atoms with Gasteiger partial charge in [0.15, 0.2) is 6.29 Å². The number of thiophene rings is 1. The topological polar surface area (TPSA) is 26.3 Å². The van der Waals surface area contributed by atoms with Gasteiger partial charge < -0.3 is 4.74 Å². The van der Waals surface area contributed by atoms with Gasteiger partial charge in [-0.1, -0.05) is 34.1 Å². The average molecular weight is 347 g/mol. The van der Waals surface area contributed by atoms with Gasteiger partial charge in [0, 0.05) is 20.3 Å². The smallest absolute Gasteiger partial charge is 0.151 e. The summed E-state index contributed by atoms with van der Waals surface area (Å²) in [6.45, 7) is 0.504. The van der Waals surface area contributed by atoms with E-state index in [1.54, 1.807) is 17.4 Å². The van der Waals surface area contributed by atoms with Crippen molar-refractivity contribution in [2.75, 3.05) is 0 Å². The minimum absolute atomic E-state index is 0.504. The summed E-state index contributed by atoms with van der Waals surface area (Å²) >= 11 is 5.04. The minimum Gasteiger partial charge on any atom is -0.489 e. The molecule has 0 saturated carbocycles. The first kappa shape index (κ1) is 13.3. The molecular formula is C16H11BrO2S. The zero-order valence-corrected chi connectivity index (χ0v) is 12.9. The average Bonchev–Trinajstić information content (AvgIpc) is 2.90. The van der Waals surface area contributed by atoms with Gasteiger partial charge in [-0.15, -0.1) is 11.3 Å².